The van der Waals surface area contributed by atoms with Crippen molar-refractivity contribution in [3.63, 3.8) is 0 Å². The Morgan fingerprint density at radius 1 is 1.00 bits per heavy atom. The van der Waals surface area contributed by atoms with Gasteiger partial charge in [-0.2, -0.15) is 0 Å². The van der Waals surface area contributed by atoms with E-state index in [0.29, 0.717) is 33.6 Å². The minimum Gasteiger partial charge on any atom is -0.488 e. The van der Waals surface area contributed by atoms with Gasteiger partial charge in [-0.25, -0.2) is 4.79 Å². The zero-order valence-corrected chi connectivity index (χ0v) is 17.3. The predicted octanol–water partition coefficient (Wildman–Crippen LogP) is 5.24. The monoisotopic (exact) mass is 402 g/mol. The van der Waals surface area contributed by atoms with Crippen molar-refractivity contribution >= 4 is 22.8 Å². The highest BCUT2D eigenvalue weighted by Gasteiger charge is 2.39. The minimum absolute atomic E-state index is 0.0943. The first-order valence-electron chi connectivity index (χ1n) is 10.1. The predicted molar refractivity (Wildman–Crippen MR) is 115 cm³/mol. The molecule has 0 fully saturated rings. The summed E-state index contributed by atoms with van der Waals surface area (Å²) in [6, 6.07) is 11.0. The Balaban J connectivity index is 1.99. The first kappa shape index (κ1) is 18.7. The van der Waals surface area contributed by atoms with Crippen LogP contribution >= 0.6 is 0 Å². The smallest absolute Gasteiger partial charge is 0.336 e. The molecule has 0 spiro atoms. The number of ether oxygens (including phenoxy) is 2. The number of Topliss-reactive ketones (excluding diaryl/α,β-unsaturated/α-hetero) is 1. The van der Waals surface area contributed by atoms with E-state index >= 15 is 0 Å². The van der Waals surface area contributed by atoms with Crippen molar-refractivity contribution in [3.05, 3.63) is 64.0 Å². The maximum Gasteiger partial charge on any atom is 0.336 e. The molecule has 5 nitrogen and oxygen atoms in total. The van der Waals surface area contributed by atoms with Gasteiger partial charge in [0.2, 0.25) is 0 Å². The van der Waals surface area contributed by atoms with Crippen LogP contribution in [0.5, 0.6) is 11.5 Å². The standard InChI is InChI=1S/C25H22O5/c1-13-14(2)28-22-16-10-11-25(3,4)30-23(16)19-17(15-8-6-5-7-9-15)12-18(26)29-24(19)20(22)21(13)27/h5-14H,1-4H3/t13-,14+/m1/s1. The number of ketones is 1. The molecular formula is C25H22O5. The first-order valence-corrected chi connectivity index (χ1v) is 10.1. The Kier molecular flexibility index (Phi) is 3.94. The fraction of sp³-hybridized carbons (Fsp3) is 0.280. The van der Waals surface area contributed by atoms with Crippen LogP contribution in [-0.2, 0) is 0 Å². The van der Waals surface area contributed by atoms with Gasteiger partial charge in [0.25, 0.3) is 0 Å². The van der Waals surface area contributed by atoms with Gasteiger partial charge in [0.15, 0.2) is 11.4 Å². The number of carbonyl (C=O) groups excluding carboxylic acids is 1. The highest BCUT2D eigenvalue weighted by Crippen LogP contribution is 2.50. The van der Waals surface area contributed by atoms with E-state index in [1.54, 1.807) is 0 Å². The van der Waals surface area contributed by atoms with E-state index in [4.69, 9.17) is 13.9 Å². The van der Waals surface area contributed by atoms with Crippen LogP contribution in [0.15, 0.2) is 51.7 Å². The van der Waals surface area contributed by atoms with Gasteiger partial charge in [0.05, 0.1) is 16.9 Å². The lowest BCUT2D eigenvalue weighted by molar-refractivity contribution is 0.0728. The Labute approximate surface area is 173 Å². The summed E-state index contributed by atoms with van der Waals surface area (Å²) in [6.07, 6.45) is 3.59. The molecule has 0 radical (unpaired) electrons. The van der Waals surface area contributed by atoms with E-state index in [9.17, 15) is 9.59 Å². The zero-order valence-electron chi connectivity index (χ0n) is 17.3. The summed E-state index contributed by atoms with van der Waals surface area (Å²) in [6.45, 7) is 7.61. The summed E-state index contributed by atoms with van der Waals surface area (Å²) >= 11 is 0. The van der Waals surface area contributed by atoms with Crippen molar-refractivity contribution in [2.75, 3.05) is 0 Å². The Hall–Kier alpha value is -3.34. The molecule has 2 aliphatic rings. The minimum atomic E-state index is -0.560. The number of rotatable bonds is 1. The third-order valence-corrected chi connectivity index (χ3v) is 5.90. The van der Waals surface area contributed by atoms with Gasteiger partial charge in [-0.1, -0.05) is 37.3 Å². The topological polar surface area (TPSA) is 65.7 Å². The molecule has 5 rings (SSSR count). The van der Waals surface area contributed by atoms with Crippen molar-refractivity contribution in [2.45, 2.75) is 39.4 Å². The van der Waals surface area contributed by atoms with Crippen LogP contribution in [0.1, 0.15) is 43.6 Å². The van der Waals surface area contributed by atoms with Crippen LogP contribution in [0.3, 0.4) is 0 Å². The van der Waals surface area contributed by atoms with Crippen molar-refractivity contribution in [1.29, 1.82) is 0 Å². The Morgan fingerprint density at radius 2 is 1.73 bits per heavy atom. The van der Waals surface area contributed by atoms with E-state index in [-0.39, 0.29) is 23.4 Å². The number of hydrogen-bond donors (Lipinski definition) is 0. The highest BCUT2D eigenvalue weighted by atomic mass is 16.5. The average Bonchev–Trinajstić information content (AvgIpc) is 2.71. The van der Waals surface area contributed by atoms with Gasteiger partial charge in [0.1, 0.15) is 28.8 Å². The molecule has 30 heavy (non-hydrogen) atoms. The quantitative estimate of drug-likeness (QED) is 0.521. The third-order valence-electron chi connectivity index (χ3n) is 5.90. The lowest BCUT2D eigenvalue weighted by Gasteiger charge is -2.34. The molecule has 3 heterocycles. The third kappa shape index (κ3) is 2.69. The van der Waals surface area contributed by atoms with Gasteiger partial charge in [0, 0.05) is 11.6 Å². The van der Waals surface area contributed by atoms with E-state index < -0.39 is 11.2 Å². The van der Waals surface area contributed by atoms with E-state index in [1.807, 2.05) is 70.2 Å². The molecule has 5 heteroatoms. The molecule has 2 aromatic carbocycles. The molecule has 2 aliphatic heterocycles. The van der Waals surface area contributed by atoms with Crippen molar-refractivity contribution in [2.24, 2.45) is 5.92 Å². The summed E-state index contributed by atoms with van der Waals surface area (Å²) in [5.74, 6) is 0.541. The lowest BCUT2D eigenvalue weighted by Crippen LogP contribution is -2.35. The van der Waals surface area contributed by atoms with E-state index in [0.717, 1.165) is 5.56 Å². The Morgan fingerprint density at radius 3 is 2.47 bits per heavy atom. The van der Waals surface area contributed by atoms with Crippen LogP contribution in [0, 0.1) is 5.92 Å². The molecule has 1 aromatic heterocycles. The molecule has 0 unspecified atom stereocenters. The lowest BCUT2D eigenvalue weighted by atomic mass is 9.85. The molecule has 0 bridgehead atoms. The summed E-state index contributed by atoms with van der Waals surface area (Å²) in [7, 11) is 0. The van der Waals surface area contributed by atoms with Crippen molar-refractivity contribution < 1.29 is 18.7 Å². The maximum atomic E-state index is 13.3. The molecule has 3 aromatic rings. The van der Waals surface area contributed by atoms with E-state index in [2.05, 4.69) is 0 Å². The summed E-state index contributed by atoms with van der Waals surface area (Å²) < 4.78 is 18.2. The molecule has 0 saturated carbocycles. The first-order chi connectivity index (χ1) is 14.3. The molecule has 2 atom stereocenters. The fourth-order valence-electron chi connectivity index (χ4n) is 4.13. The number of benzene rings is 2. The van der Waals surface area contributed by atoms with Crippen LogP contribution in [0.25, 0.3) is 28.2 Å². The molecule has 0 amide bonds. The number of carbonyl (C=O) groups is 1. The highest BCUT2D eigenvalue weighted by molar-refractivity contribution is 6.16. The van der Waals surface area contributed by atoms with Gasteiger partial charge < -0.3 is 13.9 Å². The van der Waals surface area contributed by atoms with Gasteiger partial charge in [-0.15, -0.1) is 0 Å². The average molecular weight is 402 g/mol. The zero-order chi connectivity index (χ0) is 21.2. The van der Waals surface area contributed by atoms with E-state index in [1.165, 1.54) is 6.07 Å². The summed E-state index contributed by atoms with van der Waals surface area (Å²) in [5.41, 5.74) is 1.69. The maximum absolute atomic E-state index is 13.3. The largest absolute Gasteiger partial charge is 0.488 e. The fourth-order valence-corrected chi connectivity index (χ4v) is 4.13. The normalized spacial score (nSPS) is 21.5. The molecule has 0 saturated heterocycles. The van der Waals surface area contributed by atoms with Crippen LogP contribution in [0.4, 0.5) is 0 Å². The van der Waals surface area contributed by atoms with Gasteiger partial charge in [-0.05, 0) is 38.5 Å². The van der Waals surface area contributed by atoms with Gasteiger partial charge in [-0.3, -0.25) is 4.79 Å². The second-order valence-corrected chi connectivity index (χ2v) is 8.51. The van der Waals surface area contributed by atoms with Crippen LogP contribution in [-0.4, -0.2) is 17.5 Å². The number of fused-ring (bicyclic) bond motifs is 6. The summed E-state index contributed by atoms with van der Waals surface area (Å²) in [4.78, 5) is 25.8. The van der Waals surface area contributed by atoms with Crippen LogP contribution in [0.2, 0.25) is 0 Å². The Bertz CT molecular complexity index is 1280. The molecule has 152 valence electrons. The number of hydrogen-bond acceptors (Lipinski definition) is 5. The molecular weight excluding hydrogens is 380 g/mol. The second kappa shape index (κ2) is 6.33. The van der Waals surface area contributed by atoms with Gasteiger partial charge >= 0.3 is 5.63 Å². The SMILES string of the molecule is C[C@@H]1Oc2c3c(c4c(-c5ccccc5)cc(=O)oc4c2C(=O)[C@@H]1C)OC(C)(C)C=C3. The molecule has 0 N–H and O–H groups in total. The molecule has 0 aliphatic carbocycles. The van der Waals surface area contributed by atoms with Crippen molar-refractivity contribution in [1.82, 2.24) is 0 Å². The summed E-state index contributed by atoms with van der Waals surface area (Å²) in [5, 5.41) is 0.616. The van der Waals surface area contributed by atoms with Crippen LogP contribution < -0.4 is 15.1 Å². The van der Waals surface area contributed by atoms with Crippen molar-refractivity contribution in [3.8, 4) is 22.6 Å². The second-order valence-electron chi connectivity index (χ2n) is 8.51.